The van der Waals surface area contributed by atoms with Crippen molar-refractivity contribution < 1.29 is 14.5 Å². The molecule has 1 aliphatic heterocycles. The van der Waals surface area contributed by atoms with Gasteiger partial charge in [-0.2, -0.15) is 0 Å². The Bertz CT molecular complexity index is 684. The summed E-state index contributed by atoms with van der Waals surface area (Å²) in [5.41, 5.74) is 0.924. The van der Waals surface area contributed by atoms with Gasteiger partial charge in [-0.15, -0.1) is 0 Å². The van der Waals surface area contributed by atoms with Crippen LogP contribution in [0.3, 0.4) is 0 Å². The van der Waals surface area contributed by atoms with E-state index in [4.69, 9.17) is 11.6 Å². The van der Waals surface area contributed by atoms with Gasteiger partial charge in [-0.05, 0) is 25.5 Å². The molecule has 1 aliphatic rings. The number of rotatable bonds is 3. The van der Waals surface area contributed by atoms with Crippen LogP contribution in [0.15, 0.2) is 29.5 Å². The molecule has 0 saturated carbocycles. The first-order chi connectivity index (χ1) is 9.81. The van der Waals surface area contributed by atoms with E-state index in [-0.39, 0.29) is 16.5 Å². The average Bonchev–Trinajstić information content (AvgIpc) is 2.37. The molecule has 110 valence electrons. The molecule has 0 spiro atoms. The summed E-state index contributed by atoms with van der Waals surface area (Å²) in [5.74, 6) is -0.234. The number of Topliss-reactive ketones (excluding diaryl/α,β-unsaturated/α-hetero) is 1. The Morgan fingerprint density at radius 3 is 2.67 bits per heavy atom. The van der Waals surface area contributed by atoms with Gasteiger partial charge in [0.25, 0.3) is 5.69 Å². The summed E-state index contributed by atoms with van der Waals surface area (Å²) >= 11 is 5.77. The molecule has 8 heteroatoms. The molecule has 21 heavy (non-hydrogen) atoms. The topological polar surface area (TPSA) is 101 Å². The fourth-order valence-corrected chi connectivity index (χ4v) is 2.45. The Morgan fingerprint density at radius 2 is 2.10 bits per heavy atom. The van der Waals surface area contributed by atoms with Gasteiger partial charge in [-0.25, -0.2) is 4.79 Å². The van der Waals surface area contributed by atoms with Gasteiger partial charge in [0, 0.05) is 17.3 Å². The summed E-state index contributed by atoms with van der Waals surface area (Å²) in [6.45, 7) is 2.97. The highest BCUT2D eigenvalue weighted by Gasteiger charge is 2.30. The maximum absolute atomic E-state index is 11.8. The van der Waals surface area contributed by atoms with Crippen LogP contribution in [0.25, 0.3) is 0 Å². The lowest BCUT2D eigenvalue weighted by Crippen LogP contribution is -2.44. The summed E-state index contributed by atoms with van der Waals surface area (Å²) in [6, 6.07) is 2.96. The van der Waals surface area contributed by atoms with Gasteiger partial charge in [-0.1, -0.05) is 17.7 Å². The lowest BCUT2D eigenvalue weighted by molar-refractivity contribution is -0.384. The molecule has 0 bridgehead atoms. The molecule has 2 amide bonds. The molecule has 7 nitrogen and oxygen atoms in total. The number of nitrogens with zero attached hydrogens (tertiary/aromatic N) is 1. The third-order valence-electron chi connectivity index (χ3n) is 3.15. The minimum absolute atomic E-state index is 0.00547. The first-order valence-corrected chi connectivity index (χ1v) is 6.42. The number of allylic oxidation sites excluding steroid dienone is 1. The zero-order valence-corrected chi connectivity index (χ0v) is 12.0. The van der Waals surface area contributed by atoms with Crippen LogP contribution >= 0.6 is 11.6 Å². The van der Waals surface area contributed by atoms with Crippen LogP contribution in [0.4, 0.5) is 10.5 Å². The highest BCUT2D eigenvalue weighted by molar-refractivity contribution is 6.32. The SMILES string of the molecule is CC(=O)C1=C(C)NC(=O)NC1c1ccc(Cl)c([N+](=O)[O-])c1. The Hall–Kier alpha value is -2.41. The lowest BCUT2D eigenvalue weighted by atomic mass is 9.93. The summed E-state index contributed by atoms with van der Waals surface area (Å²) in [6.07, 6.45) is 0. The van der Waals surface area contributed by atoms with E-state index in [1.165, 1.54) is 19.1 Å². The standard InChI is InChI=1S/C13H12ClN3O4/c1-6-11(7(2)18)12(16-13(19)15-6)8-3-4-9(14)10(5-8)17(20)21/h3-5,12H,1-2H3,(H2,15,16,19). The predicted molar refractivity (Wildman–Crippen MR) is 75.9 cm³/mol. The van der Waals surface area contributed by atoms with Crippen molar-refractivity contribution in [3.05, 3.63) is 50.2 Å². The lowest BCUT2D eigenvalue weighted by Gasteiger charge is -2.27. The van der Waals surface area contributed by atoms with Crippen molar-refractivity contribution in [3.8, 4) is 0 Å². The van der Waals surface area contributed by atoms with E-state index in [0.717, 1.165) is 0 Å². The van der Waals surface area contributed by atoms with Crippen LogP contribution in [0.5, 0.6) is 0 Å². The van der Waals surface area contributed by atoms with Crippen molar-refractivity contribution >= 4 is 29.1 Å². The number of nitro benzene ring substituents is 1. The molecule has 2 rings (SSSR count). The van der Waals surface area contributed by atoms with Crippen LogP contribution < -0.4 is 10.6 Å². The molecule has 0 aromatic heterocycles. The number of ketones is 1. The fraction of sp³-hybridized carbons (Fsp3) is 0.231. The van der Waals surface area contributed by atoms with Crippen LogP contribution in [-0.2, 0) is 4.79 Å². The minimum atomic E-state index is -0.743. The summed E-state index contributed by atoms with van der Waals surface area (Å²) in [5, 5.41) is 16.0. The van der Waals surface area contributed by atoms with Crippen molar-refractivity contribution in [2.75, 3.05) is 0 Å². The Balaban J connectivity index is 2.56. The second-order valence-electron chi connectivity index (χ2n) is 4.59. The quantitative estimate of drug-likeness (QED) is 0.661. The predicted octanol–water partition coefficient (Wildman–Crippen LogP) is 2.47. The number of carbonyl (C=O) groups excluding carboxylic acids is 2. The van der Waals surface area contributed by atoms with E-state index < -0.39 is 17.0 Å². The zero-order valence-electron chi connectivity index (χ0n) is 11.3. The van der Waals surface area contributed by atoms with Gasteiger partial charge >= 0.3 is 6.03 Å². The van der Waals surface area contributed by atoms with Crippen LogP contribution in [-0.4, -0.2) is 16.7 Å². The third kappa shape index (κ3) is 2.87. The van der Waals surface area contributed by atoms with Crippen molar-refractivity contribution in [2.24, 2.45) is 0 Å². The number of carbonyl (C=O) groups is 2. The molecular weight excluding hydrogens is 298 g/mol. The Morgan fingerprint density at radius 1 is 1.43 bits per heavy atom. The summed E-state index contributed by atoms with van der Waals surface area (Å²) in [4.78, 5) is 33.7. The maximum atomic E-state index is 11.8. The van der Waals surface area contributed by atoms with Gasteiger partial charge < -0.3 is 10.6 Å². The number of urea groups is 1. The van der Waals surface area contributed by atoms with Crippen LogP contribution in [0.1, 0.15) is 25.5 Å². The summed E-state index contributed by atoms with van der Waals surface area (Å²) in [7, 11) is 0. The number of nitrogens with one attached hydrogen (secondary N) is 2. The molecular formula is C13H12ClN3O4. The number of halogens is 1. The van der Waals surface area contributed by atoms with Crippen LogP contribution in [0, 0.1) is 10.1 Å². The van der Waals surface area contributed by atoms with Crippen molar-refractivity contribution in [1.82, 2.24) is 10.6 Å². The molecule has 0 fully saturated rings. The normalized spacial score (nSPS) is 18.0. The van der Waals surface area contributed by atoms with Crippen molar-refractivity contribution in [2.45, 2.75) is 19.9 Å². The second kappa shape index (κ2) is 5.53. The van der Waals surface area contributed by atoms with Gasteiger partial charge in [0.05, 0.1) is 11.0 Å². The molecule has 0 radical (unpaired) electrons. The first-order valence-electron chi connectivity index (χ1n) is 6.04. The number of hydrogen-bond acceptors (Lipinski definition) is 4. The fourth-order valence-electron chi connectivity index (χ4n) is 2.26. The van der Waals surface area contributed by atoms with E-state index in [0.29, 0.717) is 16.8 Å². The van der Waals surface area contributed by atoms with E-state index in [1.807, 2.05) is 0 Å². The zero-order chi connectivity index (χ0) is 15.7. The first kappa shape index (κ1) is 15.0. The van der Waals surface area contributed by atoms with E-state index in [1.54, 1.807) is 13.0 Å². The number of benzene rings is 1. The number of nitro groups is 1. The van der Waals surface area contributed by atoms with Gasteiger partial charge in [0.15, 0.2) is 5.78 Å². The molecule has 1 heterocycles. The summed E-state index contributed by atoms with van der Waals surface area (Å²) < 4.78 is 0. The molecule has 2 N–H and O–H groups in total. The highest BCUT2D eigenvalue weighted by atomic mass is 35.5. The van der Waals surface area contributed by atoms with Gasteiger partial charge in [-0.3, -0.25) is 14.9 Å². The molecule has 1 atom stereocenters. The molecule has 0 saturated heterocycles. The van der Waals surface area contributed by atoms with E-state index in [2.05, 4.69) is 10.6 Å². The van der Waals surface area contributed by atoms with Gasteiger partial charge in [0.1, 0.15) is 5.02 Å². The van der Waals surface area contributed by atoms with E-state index >= 15 is 0 Å². The average molecular weight is 310 g/mol. The minimum Gasteiger partial charge on any atom is -0.327 e. The Kier molecular flexibility index (Phi) is 3.95. The molecule has 1 aromatic carbocycles. The van der Waals surface area contributed by atoms with Crippen molar-refractivity contribution in [1.29, 1.82) is 0 Å². The second-order valence-corrected chi connectivity index (χ2v) is 5.00. The smallest absolute Gasteiger partial charge is 0.319 e. The Labute approximate surface area is 125 Å². The molecule has 1 unspecified atom stereocenters. The van der Waals surface area contributed by atoms with Crippen molar-refractivity contribution in [3.63, 3.8) is 0 Å². The van der Waals surface area contributed by atoms with E-state index in [9.17, 15) is 19.7 Å². The monoisotopic (exact) mass is 309 g/mol. The highest BCUT2D eigenvalue weighted by Crippen LogP contribution is 2.32. The molecule has 0 aliphatic carbocycles. The third-order valence-corrected chi connectivity index (χ3v) is 3.47. The largest absolute Gasteiger partial charge is 0.327 e. The molecule has 1 aromatic rings. The number of amides is 2. The maximum Gasteiger partial charge on any atom is 0.319 e. The number of hydrogen-bond donors (Lipinski definition) is 2. The van der Waals surface area contributed by atoms with Gasteiger partial charge in [0.2, 0.25) is 0 Å². The van der Waals surface area contributed by atoms with Crippen LogP contribution in [0.2, 0.25) is 5.02 Å².